The van der Waals surface area contributed by atoms with Crippen molar-refractivity contribution >= 4 is 17.4 Å². The Kier molecular flexibility index (Phi) is 4.38. The van der Waals surface area contributed by atoms with E-state index in [2.05, 4.69) is 10.3 Å². The average molecular weight is 363 g/mol. The van der Waals surface area contributed by atoms with Gasteiger partial charge in [-0.3, -0.25) is 9.20 Å². The predicted octanol–water partition coefficient (Wildman–Crippen LogP) is 4.46. The van der Waals surface area contributed by atoms with Crippen molar-refractivity contribution < 1.29 is 13.6 Å². The Morgan fingerprint density at radius 3 is 2.59 bits per heavy atom. The summed E-state index contributed by atoms with van der Waals surface area (Å²) in [7, 11) is 0. The Morgan fingerprint density at radius 1 is 1.00 bits per heavy atom. The van der Waals surface area contributed by atoms with Crippen LogP contribution in [0.15, 0.2) is 72.9 Å². The van der Waals surface area contributed by atoms with E-state index >= 15 is 0 Å². The van der Waals surface area contributed by atoms with Crippen LogP contribution in [-0.2, 0) is 11.2 Å². The molecule has 0 unspecified atom stereocenters. The van der Waals surface area contributed by atoms with Crippen LogP contribution in [0.2, 0.25) is 0 Å². The number of carbonyl (C=O) groups excluding carboxylic acids is 1. The lowest BCUT2D eigenvalue weighted by atomic mass is 10.1. The van der Waals surface area contributed by atoms with Gasteiger partial charge in [0.25, 0.3) is 0 Å². The van der Waals surface area contributed by atoms with Crippen molar-refractivity contribution in [3.63, 3.8) is 0 Å². The molecule has 1 N–H and O–H groups in total. The van der Waals surface area contributed by atoms with Crippen LogP contribution < -0.4 is 5.32 Å². The van der Waals surface area contributed by atoms with Crippen molar-refractivity contribution in [1.29, 1.82) is 0 Å². The van der Waals surface area contributed by atoms with Crippen LogP contribution in [0.25, 0.3) is 16.9 Å². The first-order chi connectivity index (χ1) is 13.1. The Morgan fingerprint density at radius 2 is 1.78 bits per heavy atom. The topological polar surface area (TPSA) is 46.4 Å². The van der Waals surface area contributed by atoms with Crippen LogP contribution in [0.4, 0.5) is 14.6 Å². The molecule has 4 aromatic rings. The fraction of sp³-hybridized carbons (Fsp3) is 0.0476. The molecule has 2 heterocycles. The number of anilines is 1. The van der Waals surface area contributed by atoms with Gasteiger partial charge in [0.2, 0.25) is 5.91 Å². The maximum Gasteiger partial charge on any atom is 0.229 e. The first-order valence-electron chi connectivity index (χ1n) is 8.38. The molecule has 0 aliphatic carbocycles. The fourth-order valence-electron chi connectivity index (χ4n) is 2.94. The Bertz CT molecular complexity index is 1120. The molecule has 0 saturated heterocycles. The third-order valence-corrected chi connectivity index (χ3v) is 4.18. The zero-order chi connectivity index (χ0) is 18.8. The van der Waals surface area contributed by atoms with Crippen LogP contribution in [0, 0.1) is 11.6 Å². The third kappa shape index (κ3) is 3.42. The number of hydrogen-bond acceptors (Lipinski definition) is 2. The minimum atomic E-state index is -0.613. The number of nitrogens with one attached hydrogen (secondary N) is 1. The van der Waals surface area contributed by atoms with Gasteiger partial charge in [-0.25, -0.2) is 13.8 Å². The van der Waals surface area contributed by atoms with Crippen LogP contribution in [0.1, 0.15) is 5.56 Å². The molecule has 0 fully saturated rings. The van der Waals surface area contributed by atoms with E-state index in [9.17, 15) is 13.6 Å². The summed E-state index contributed by atoms with van der Waals surface area (Å²) < 4.78 is 29.6. The molecule has 0 bridgehead atoms. The van der Waals surface area contributed by atoms with Crippen LogP contribution >= 0.6 is 0 Å². The molecule has 0 atom stereocenters. The van der Waals surface area contributed by atoms with Gasteiger partial charge >= 0.3 is 0 Å². The lowest BCUT2D eigenvalue weighted by Crippen LogP contribution is -2.16. The molecule has 0 spiro atoms. The summed E-state index contributed by atoms with van der Waals surface area (Å²) in [6, 6.07) is 17.7. The zero-order valence-corrected chi connectivity index (χ0v) is 14.2. The molecule has 1 amide bonds. The monoisotopic (exact) mass is 363 g/mol. The molecule has 0 aliphatic rings. The second-order valence-corrected chi connectivity index (χ2v) is 6.07. The number of rotatable bonds is 4. The van der Waals surface area contributed by atoms with Gasteiger partial charge in [0.05, 0.1) is 6.42 Å². The van der Waals surface area contributed by atoms with Gasteiger partial charge in [0.1, 0.15) is 28.8 Å². The van der Waals surface area contributed by atoms with Crippen LogP contribution in [0.3, 0.4) is 0 Å². The van der Waals surface area contributed by atoms with Crippen molar-refractivity contribution in [2.45, 2.75) is 6.42 Å². The molecule has 0 radical (unpaired) electrons. The van der Waals surface area contributed by atoms with Gasteiger partial charge in [-0.1, -0.05) is 36.4 Å². The number of pyridine rings is 1. The van der Waals surface area contributed by atoms with E-state index in [0.29, 0.717) is 11.5 Å². The van der Waals surface area contributed by atoms with Crippen LogP contribution in [-0.4, -0.2) is 15.3 Å². The van der Waals surface area contributed by atoms with Crippen LogP contribution in [0.5, 0.6) is 0 Å². The molecule has 6 heteroatoms. The Hall–Kier alpha value is -3.54. The highest BCUT2D eigenvalue weighted by Crippen LogP contribution is 2.31. The van der Waals surface area contributed by atoms with Crippen molar-refractivity contribution in [3.8, 4) is 11.3 Å². The number of aromatic nitrogens is 2. The number of benzene rings is 2. The minimum Gasteiger partial charge on any atom is -0.310 e. The van der Waals surface area contributed by atoms with E-state index in [-0.39, 0.29) is 23.6 Å². The molecule has 2 aromatic carbocycles. The highest BCUT2D eigenvalue weighted by molar-refractivity contribution is 5.95. The molecule has 4 rings (SSSR count). The van der Waals surface area contributed by atoms with Gasteiger partial charge < -0.3 is 5.32 Å². The average Bonchev–Trinajstić information content (AvgIpc) is 3.03. The lowest BCUT2D eigenvalue weighted by Gasteiger charge is -2.09. The number of fused-ring (bicyclic) bond motifs is 1. The molecule has 0 saturated carbocycles. The minimum absolute atomic E-state index is 0.00582. The Labute approximate surface area is 154 Å². The molecular weight excluding hydrogens is 348 g/mol. The van der Waals surface area contributed by atoms with Gasteiger partial charge in [-0.15, -0.1) is 0 Å². The Balaban J connectivity index is 1.77. The summed E-state index contributed by atoms with van der Waals surface area (Å²) in [5, 5.41) is 2.80. The van der Waals surface area contributed by atoms with Gasteiger partial charge in [0.15, 0.2) is 0 Å². The summed E-state index contributed by atoms with van der Waals surface area (Å²) in [4.78, 5) is 16.9. The van der Waals surface area contributed by atoms with Gasteiger partial charge in [0, 0.05) is 11.8 Å². The maximum atomic E-state index is 14.3. The predicted molar refractivity (Wildman–Crippen MR) is 99.3 cm³/mol. The van der Waals surface area contributed by atoms with Gasteiger partial charge in [-0.2, -0.15) is 0 Å². The first kappa shape index (κ1) is 16.9. The molecule has 4 nitrogen and oxygen atoms in total. The number of carbonyl (C=O) groups is 1. The van der Waals surface area contributed by atoms with Crippen molar-refractivity contribution in [1.82, 2.24) is 9.38 Å². The number of hydrogen-bond donors (Lipinski definition) is 1. The number of imidazole rings is 1. The summed E-state index contributed by atoms with van der Waals surface area (Å²) in [6.45, 7) is 0. The second-order valence-electron chi connectivity index (χ2n) is 6.07. The summed E-state index contributed by atoms with van der Waals surface area (Å²) in [5.41, 5.74) is 1.54. The van der Waals surface area contributed by atoms with E-state index in [1.54, 1.807) is 28.8 Å². The zero-order valence-electron chi connectivity index (χ0n) is 14.2. The van der Waals surface area contributed by atoms with Crippen molar-refractivity contribution in [2.75, 3.05) is 5.32 Å². The largest absolute Gasteiger partial charge is 0.310 e. The highest BCUT2D eigenvalue weighted by Gasteiger charge is 2.19. The standard InChI is InChI=1S/C21H15F2N3O/c22-15-9-10-17(23)16(13-15)20-21(26-11-5-4-8-18(26)24-20)25-19(27)12-14-6-2-1-3-7-14/h1-11,13H,12H2,(H,25,27). The fourth-order valence-corrected chi connectivity index (χ4v) is 2.94. The summed E-state index contributed by atoms with van der Waals surface area (Å²) in [6.07, 6.45) is 1.87. The SMILES string of the molecule is O=C(Cc1ccccc1)Nc1c(-c2cc(F)ccc2F)nc2ccccn12. The molecular formula is C21H15F2N3O. The first-order valence-corrected chi connectivity index (χ1v) is 8.38. The van der Waals surface area contributed by atoms with E-state index < -0.39 is 11.6 Å². The molecule has 2 aromatic heterocycles. The van der Waals surface area contributed by atoms with E-state index in [1.807, 2.05) is 30.3 Å². The number of amides is 1. The van der Waals surface area contributed by atoms with Crippen molar-refractivity contribution in [3.05, 3.63) is 90.1 Å². The highest BCUT2D eigenvalue weighted by atomic mass is 19.1. The smallest absolute Gasteiger partial charge is 0.229 e. The normalized spacial score (nSPS) is 10.9. The summed E-state index contributed by atoms with van der Waals surface area (Å²) >= 11 is 0. The maximum absolute atomic E-state index is 14.3. The third-order valence-electron chi connectivity index (χ3n) is 4.18. The van der Waals surface area contributed by atoms with E-state index in [0.717, 1.165) is 23.8 Å². The lowest BCUT2D eigenvalue weighted by molar-refractivity contribution is -0.115. The van der Waals surface area contributed by atoms with Gasteiger partial charge in [-0.05, 0) is 35.9 Å². The number of halogens is 2. The number of nitrogens with zero attached hydrogens (tertiary/aromatic N) is 2. The van der Waals surface area contributed by atoms with Crippen molar-refractivity contribution in [2.24, 2.45) is 0 Å². The van der Waals surface area contributed by atoms with E-state index in [1.165, 1.54) is 0 Å². The molecule has 0 aliphatic heterocycles. The molecule has 27 heavy (non-hydrogen) atoms. The molecule has 134 valence electrons. The quantitative estimate of drug-likeness (QED) is 0.582. The second kappa shape index (κ2) is 6.99. The summed E-state index contributed by atoms with van der Waals surface area (Å²) in [5.74, 6) is -1.16. The van der Waals surface area contributed by atoms with E-state index in [4.69, 9.17) is 0 Å².